The minimum Gasteiger partial charge on any atom is -0.392 e. The van der Waals surface area contributed by atoms with E-state index in [9.17, 15) is 10.2 Å². The van der Waals surface area contributed by atoms with Gasteiger partial charge in [-0.3, -0.25) is 0 Å². The number of hydrogen-bond donors (Lipinski definition) is 2. The standard InChI is InChI=1S/C14H26O2/c1-4-10(2)13(15)11(3)14(16)12-8-6-5-7-9-12/h4,10-16H,1,5-9H2,2-3H3/t10-,11-,13?,14?/m0/s1. The van der Waals surface area contributed by atoms with Crippen molar-refractivity contribution in [1.82, 2.24) is 0 Å². The first kappa shape index (κ1) is 13.7. The predicted octanol–water partition coefficient (Wildman–Crippen LogP) is 2.75. The summed E-state index contributed by atoms with van der Waals surface area (Å²) in [5, 5.41) is 20.3. The van der Waals surface area contributed by atoms with E-state index in [1.807, 2.05) is 13.8 Å². The quantitative estimate of drug-likeness (QED) is 0.708. The van der Waals surface area contributed by atoms with Gasteiger partial charge in [0, 0.05) is 11.8 Å². The monoisotopic (exact) mass is 226 g/mol. The average Bonchev–Trinajstić information content (AvgIpc) is 2.36. The van der Waals surface area contributed by atoms with Crippen LogP contribution in [0.1, 0.15) is 46.0 Å². The van der Waals surface area contributed by atoms with Crippen LogP contribution in [-0.4, -0.2) is 22.4 Å². The summed E-state index contributed by atoms with van der Waals surface area (Å²) in [4.78, 5) is 0. The maximum Gasteiger partial charge on any atom is 0.0650 e. The predicted molar refractivity (Wildman–Crippen MR) is 67.1 cm³/mol. The molecule has 0 spiro atoms. The van der Waals surface area contributed by atoms with E-state index in [1.54, 1.807) is 6.08 Å². The van der Waals surface area contributed by atoms with Gasteiger partial charge in [0.15, 0.2) is 0 Å². The topological polar surface area (TPSA) is 40.5 Å². The third kappa shape index (κ3) is 3.33. The van der Waals surface area contributed by atoms with Crippen LogP contribution in [0.3, 0.4) is 0 Å². The Hall–Kier alpha value is -0.340. The molecule has 2 N–H and O–H groups in total. The number of aliphatic hydroxyl groups is 2. The van der Waals surface area contributed by atoms with Crippen LogP contribution in [-0.2, 0) is 0 Å². The first-order valence-electron chi connectivity index (χ1n) is 6.56. The summed E-state index contributed by atoms with van der Waals surface area (Å²) in [5.74, 6) is 0.375. The molecule has 0 aromatic rings. The Bertz CT molecular complexity index is 209. The van der Waals surface area contributed by atoms with Crippen molar-refractivity contribution in [2.24, 2.45) is 17.8 Å². The summed E-state index contributed by atoms with van der Waals surface area (Å²) in [5.41, 5.74) is 0. The SMILES string of the molecule is C=C[C@H](C)C(O)[C@H](C)C(O)C1CCCCC1. The van der Waals surface area contributed by atoms with Gasteiger partial charge in [-0.15, -0.1) is 6.58 Å². The van der Waals surface area contributed by atoms with E-state index in [0.717, 1.165) is 12.8 Å². The van der Waals surface area contributed by atoms with Crippen LogP contribution in [0.15, 0.2) is 12.7 Å². The van der Waals surface area contributed by atoms with Crippen molar-refractivity contribution in [1.29, 1.82) is 0 Å². The minimum atomic E-state index is -0.477. The summed E-state index contributed by atoms with van der Waals surface area (Å²) in [7, 11) is 0. The highest BCUT2D eigenvalue weighted by atomic mass is 16.3. The van der Waals surface area contributed by atoms with Crippen LogP contribution in [0.5, 0.6) is 0 Å². The molecular weight excluding hydrogens is 200 g/mol. The molecule has 94 valence electrons. The van der Waals surface area contributed by atoms with Crippen molar-refractivity contribution < 1.29 is 10.2 Å². The molecule has 1 aliphatic rings. The number of aliphatic hydroxyl groups excluding tert-OH is 2. The number of rotatable bonds is 5. The molecule has 1 aliphatic carbocycles. The van der Waals surface area contributed by atoms with E-state index < -0.39 is 6.10 Å². The first-order chi connectivity index (χ1) is 7.57. The molecule has 0 aromatic heterocycles. The average molecular weight is 226 g/mol. The smallest absolute Gasteiger partial charge is 0.0650 e. The van der Waals surface area contributed by atoms with Gasteiger partial charge in [0.05, 0.1) is 12.2 Å². The Balaban J connectivity index is 2.50. The molecule has 4 atom stereocenters. The van der Waals surface area contributed by atoms with Gasteiger partial charge >= 0.3 is 0 Å². The van der Waals surface area contributed by atoms with Gasteiger partial charge in [-0.25, -0.2) is 0 Å². The van der Waals surface area contributed by atoms with E-state index in [1.165, 1.54) is 19.3 Å². The van der Waals surface area contributed by atoms with Gasteiger partial charge in [0.2, 0.25) is 0 Å². The molecule has 0 radical (unpaired) electrons. The lowest BCUT2D eigenvalue weighted by atomic mass is 9.77. The van der Waals surface area contributed by atoms with Crippen LogP contribution in [0.2, 0.25) is 0 Å². The van der Waals surface area contributed by atoms with Crippen molar-refractivity contribution in [3.05, 3.63) is 12.7 Å². The second-order valence-corrected chi connectivity index (χ2v) is 5.33. The van der Waals surface area contributed by atoms with E-state index in [0.29, 0.717) is 5.92 Å². The Morgan fingerprint density at radius 1 is 1.12 bits per heavy atom. The van der Waals surface area contributed by atoms with Crippen molar-refractivity contribution >= 4 is 0 Å². The Labute approximate surface area is 99.4 Å². The molecule has 2 heteroatoms. The van der Waals surface area contributed by atoms with Crippen LogP contribution in [0.4, 0.5) is 0 Å². The van der Waals surface area contributed by atoms with E-state index in [2.05, 4.69) is 6.58 Å². The molecule has 0 heterocycles. The molecule has 0 aliphatic heterocycles. The number of hydrogen-bond acceptors (Lipinski definition) is 2. The van der Waals surface area contributed by atoms with Gasteiger partial charge in [-0.2, -0.15) is 0 Å². The highest BCUT2D eigenvalue weighted by Gasteiger charge is 2.31. The second-order valence-electron chi connectivity index (χ2n) is 5.33. The van der Waals surface area contributed by atoms with Crippen LogP contribution < -0.4 is 0 Å². The molecular formula is C14H26O2. The van der Waals surface area contributed by atoms with Crippen molar-refractivity contribution in [3.63, 3.8) is 0 Å². The molecule has 2 unspecified atom stereocenters. The molecule has 16 heavy (non-hydrogen) atoms. The molecule has 1 fully saturated rings. The molecule has 0 bridgehead atoms. The van der Waals surface area contributed by atoms with Gasteiger partial charge < -0.3 is 10.2 Å². The minimum absolute atomic E-state index is 0.0493. The largest absolute Gasteiger partial charge is 0.392 e. The first-order valence-corrected chi connectivity index (χ1v) is 6.56. The Morgan fingerprint density at radius 2 is 1.69 bits per heavy atom. The van der Waals surface area contributed by atoms with Crippen molar-refractivity contribution in [2.75, 3.05) is 0 Å². The molecule has 2 nitrogen and oxygen atoms in total. The third-order valence-corrected chi connectivity index (χ3v) is 4.12. The molecule has 1 saturated carbocycles. The normalized spacial score (nSPS) is 25.8. The van der Waals surface area contributed by atoms with Gasteiger partial charge in [0.1, 0.15) is 0 Å². The lowest BCUT2D eigenvalue weighted by Gasteiger charge is -2.34. The molecule has 0 aromatic carbocycles. The van der Waals surface area contributed by atoms with E-state index in [-0.39, 0.29) is 17.9 Å². The Kier molecular flexibility index (Phi) is 5.50. The highest BCUT2D eigenvalue weighted by molar-refractivity contribution is 4.88. The van der Waals surface area contributed by atoms with E-state index >= 15 is 0 Å². The fourth-order valence-corrected chi connectivity index (χ4v) is 2.73. The van der Waals surface area contributed by atoms with E-state index in [4.69, 9.17) is 0 Å². The zero-order valence-electron chi connectivity index (χ0n) is 10.6. The van der Waals surface area contributed by atoms with Crippen LogP contribution >= 0.6 is 0 Å². The maximum absolute atomic E-state index is 10.3. The Morgan fingerprint density at radius 3 is 2.19 bits per heavy atom. The van der Waals surface area contributed by atoms with Gasteiger partial charge in [-0.05, 0) is 18.8 Å². The lowest BCUT2D eigenvalue weighted by molar-refractivity contribution is -0.0316. The fraction of sp³-hybridized carbons (Fsp3) is 0.857. The summed E-state index contributed by atoms with van der Waals surface area (Å²) >= 11 is 0. The maximum atomic E-state index is 10.3. The van der Waals surface area contributed by atoms with Crippen molar-refractivity contribution in [3.8, 4) is 0 Å². The zero-order valence-corrected chi connectivity index (χ0v) is 10.6. The zero-order chi connectivity index (χ0) is 12.1. The van der Waals surface area contributed by atoms with Gasteiger partial charge in [0.25, 0.3) is 0 Å². The van der Waals surface area contributed by atoms with Crippen LogP contribution in [0, 0.1) is 17.8 Å². The molecule has 0 amide bonds. The summed E-state index contributed by atoms with van der Waals surface area (Å²) in [6, 6.07) is 0. The van der Waals surface area contributed by atoms with Gasteiger partial charge in [-0.1, -0.05) is 39.2 Å². The third-order valence-electron chi connectivity index (χ3n) is 4.12. The summed E-state index contributed by atoms with van der Waals surface area (Å²) < 4.78 is 0. The fourth-order valence-electron chi connectivity index (χ4n) is 2.73. The molecule has 0 saturated heterocycles. The highest BCUT2D eigenvalue weighted by Crippen LogP contribution is 2.31. The summed E-state index contributed by atoms with van der Waals surface area (Å²) in [6.07, 6.45) is 6.88. The second kappa shape index (κ2) is 6.41. The lowest BCUT2D eigenvalue weighted by Crippen LogP contribution is -2.38. The molecule has 1 rings (SSSR count). The van der Waals surface area contributed by atoms with Crippen molar-refractivity contribution in [2.45, 2.75) is 58.2 Å². The van der Waals surface area contributed by atoms with Crippen LogP contribution in [0.25, 0.3) is 0 Å². The summed E-state index contributed by atoms with van der Waals surface area (Å²) in [6.45, 7) is 7.59.